The summed E-state index contributed by atoms with van der Waals surface area (Å²) in [6, 6.07) is 20.8. The number of rotatable bonds is 5. The standard InChI is InChI=1S/C26H24N4O2S/c1-18-13-14-27-22(17-18)30-24(31)20-11-5-6-12-21(20)28-26(30)33-23(19-9-3-2-4-10-19)25(32)29-15-7-8-16-29/h2-6,9-14,17,23H,7-8,15-16H2,1H3/t23-/m0/s1. The quantitative estimate of drug-likeness (QED) is 0.326. The average molecular weight is 457 g/mol. The van der Waals surface area contributed by atoms with E-state index in [1.165, 1.54) is 16.3 Å². The first kappa shape index (κ1) is 21.4. The molecule has 0 radical (unpaired) electrons. The van der Waals surface area contributed by atoms with Crippen LogP contribution in [0.4, 0.5) is 0 Å². The summed E-state index contributed by atoms with van der Waals surface area (Å²) in [7, 11) is 0. The summed E-state index contributed by atoms with van der Waals surface area (Å²) >= 11 is 1.31. The minimum absolute atomic E-state index is 0.0508. The number of para-hydroxylation sites is 1. The molecule has 1 saturated heterocycles. The molecule has 166 valence electrons. The zero-order chi connectivity index (χ0) is 22.8. The lowest BCUT2D eigenvalue weighted by molar-refractivity contribution is -0.129. The fraction of sp³-hybridized carbons (Fsp3) is 0.231. The monoisotopic (exact) mass is 456 g/mol. The van der Waals surface area contributed by atoms with Crippen LogP contribution < -0.4 is 5.56 Å². The number of amides is 1. The number of likely N-dealkylation sites (tertiary alicyclic amines) is 1. The molecule has 0 unspecified atom stereocenters. The number of hydrogen-bond acceptors (Lipinski definition) is 5. The highest BCUT2D eigenvalue weighted by Crippen LogP contribution is 2.37. The number of hydrogen-bond donors (Lipinski definition) is 0. The van der Waals surface area contributed by atoms with Gasteiger partial charge in [-0.3, -0.25) is 9.59 Å². The number of aromatic nitrogens is 3. The van der Waals surface area contributed by atoms with Gasteiger partial charge in [-0.05, 0) is 55.2 Å². The van der Waals surface area contributed by atoms with Crippen LogP contribution in [-0.2, 0) is 4.79 Å². The van der Waals surface area contributed by atoms with Gasteiger partial charge < -0.3 is 4.90 Å². The van der Waals surface area contributed by atoms with Crippen molar-refractivity contribution in [3.8, 4) is 5.82 Å². The SMILES string of the molecule is Cc1ccnc(-n2c(S[C@H](C(=O)N3CCCC3)c3ccccc3)nc3ccccc3c2=O)c1. The predicted molar refractivity (Wildman–Crippen MR) is 131 cm³/mol. The molecule has 2 aromatic heterocycles. The Hall–Kier alpha value is -3.45. The minimum Gasteiger partial charge on any atom is -0.341 e. The number of benzene rings is 2. The van der Waals surface area contributed by atoms with Crippen molar-refractivity contribution < 1.29 is 4.79 Å². The molecule has 1 atom stereocenters. The van der Waals surface area contributed by atoms with Gasteiger partial charge in [-0.1, -0.05) is 54.2 Å². The lowest BCUT2D eigenvalue weighted by Crippen LogP contribution is -2.32. The average Bonchev–Trinajstić information content (AvgIpc) is 3.38. The Bertz CT molecular complexity index is 1360. The van der Waals surface area contributed by atoms with Crippen molar-refractivity contribution in [2.75, 3.05) is 13.1 Å². The van der Waals surface area contributed by atoms with Crippen molar-refractivity contribution in [2.24, 2.45) is 0 Å². The molecule has 0 N–H and O–H groups in total. The van der Waals surface area contributed by atoms with Crippen LogP contribution in [0.3, 0.4) is 0 Å². The van der Waals surface area contributed by atoms with Crippen LogP contribution in [0, 0.1) is 6.92 Å². The molecular weight excluding hydrogens is 432 g/mol. The molecule has 33 heavy (non-hydrogen) atoms. The van der Waals surface area contributed by atoms with E-state index in [9.17, 15) is 9.59 Å². The molecule has 1 amide bonds. The highest BCUT2D eigenvalue weighted by atomic mass is 32.2. The lowest BCUT2D eigenvalue weighted by Gasteiger charge is -2.24. The number of aryl methyl sites for hydroxylation is 1. The van der Waals surface area contributed by atoms with Crippen molar-refractivity contribution in [1.82, 2.24) is 19.4 Å². The Morgan fingerprint density at radius 2 is 1.73 bits per heavy atom. The molecule has 0 spiro atoms. The highest BCUT2D eigenvalue weighted by Gasteiger charge is 2.30. The second-order valence-electron chi connectivity index (χ2n) is 8.18. The van der Waals surface area contributed by atoms with Gasteiger partial charge in [0.1, 0.15) is 11.1 Å². The third-order valence-corrected chi connectivity index (χ3v) is 7.04. The van der Waals surface area contributed by atoms with Gasteiger partial charge in [0, 0.05) is 19.3 Å². The molecule has 1 fully saturated rings. The van der Waals surface area contributed by atoms with Crippen LogP contribution in [0.2, 0.25) is 0 Å². The predicted octanol–water partition coefficient (Wildman–Crippen LogP) is 4.54. The molecule has 1 aliphatic rings. The van der Waals surface area contributed by atoms with Gasteiger partial charge in [0.15, 0.2) is 5.16 Å². The van der Waals surface area contributed by atoms with Crippen LogP contribution in [0.25, 0.3) is 16.7 Å². The van der Waals surface area contributed by atoms with Gasteiger partial charge in [0.25, 0.3) is 5.56 Å². The van der Waals surface area contributed by atoms with Crippen molar-refractivity contribution in [3.63, 3.8) is 0 Å². The van der Waals surface area contributed by atoms with Gasteiger partial charge in [-0.15, -0.1) is 0 Å². The summed E-state index contributed by atoms with van der Waals surface area (Å²) in [4.78, 5) is 38.4. The summed E-state index contributed by atoms with van der Waals surface area (Å²) in [5.74, 6) is 0.552. The number of carbonyl (C=O) groups is 1. The maximum absolute atomic E-state index is 13.6. The summed E-state index contributed by atoms with van der Waals surface area (Å²) in [5.41, 5.74) is 2.30. The topological polar surface area (TPSA) is 68.1 Å². The third kappa shape index (κ3) is 4.28. The van der Waals surface area contributed by atoms with Gasteiger partial charge in [0.2, 0.25) is 5.91 Å². The highest BCUT2D eigenvalue weighted by molar-refractivity contribution is 8.00. The third-order valence-electron chi connectivity index (χ3n) is 5.84. The zero-order valence-corrected chi connectivity index (χ0v) is 19.2. The van der Waals surface area contributed by atoms with Gasteiger partial charge >= 0.3 is 0 Å². The number of pyridine rings is 1. The smallest absolute Gasteiger partial charge is 0.267 e. The van der Waals surface area contributed by atoms with Crippen LogP contribution in [0.1, 0.15) is 29.2 Å². The summed E-state index contributed by atoms with van der Waals surface area (Å²) in [6.07, 6.45) is 3.72. The van der Waals surface area contributed by atoms with E-state index >= 15 is 0 Å². The molecule has 1 aliphatic heterocycles. The van der Waals surface area contributed by atoms with E-state index < -0.39 is 5.25 Å². The van der Waals surface area contributed by atoms with Gasteiger partial charge in [0.05, 0.1) is 10.9 Å². The van der Waals surface area contributed by atoms with Crippen molar-refractivity contribution in [2.45, 2.75) is 30.2 Å². The van der Waals surface area contributed by atoms with E-state index in [1.807, 2.05) is 72.5 Å². The first-order chi connectivity index (χ1) is 16.1. The van der Waals surface area contributed by atoms with Crippen molar-refractivity contribution in [1.29, 1.82) is 0 Å². The van der Waals surface area contributed by atoms with Crippen molar-refractivity contribution >= 4 is 28.6 Å². The molecule has 3 heterocycles. The largest absolute Gasteiger partial charge is 0.341 e. The zero-order valence-electron chi connectivity index (χ0n) is 18.3. The number of nitrogens with zero attached hydrogens (tertiary/aromatic N) is 4. The first-order valence-electron chi connectivity index (χ1n) is 11.1. The Kier molecular flexibility index (Phi) is 5.96. The Morgan fingerprint density at radius 1 is 1.00 bits per heavy atom. The van der Waals surface area contributed by atoms with E-state index in [0.29, 0.717) is 21.9 Å². The minimum atomic E-state index is -0.506. The van der Waals surface area contributed by atoms with Crippen LogP contribution >= 0.6 is 11.8 Å². The lowest BCUT2D eigenvalue weighted by atomic mass is 10.1. The number of fused-ring (bicyclic) bond motifs is 1. The summed E-state index contributed by atoms with van der Waals surface area (Å²) in [5, 5.41) is 0.471. The van der Waals surface area contributed by atoms with E-state index in [2.05, 4.69) is 4.98 Å². The Morgan fingerprint density at radius 3 is 2.48 bits per heavy atom. The normalized spacial score (nSPS) is 14.5. The van der Waals surface area contributed by atoms with Gasteiger partial charge in [-0.2, -0.15) is 0 Å². The van der Waals surface area contributed by atoms with Crippen LogP contribution in [0.5, 0.6) is 0 Å². The number of thioether (sulfide) groups is 1. The summed E-state index contributed by atoms with van der Waals surface area (Å²) in [6.45, 7) is 3.49. The first-order valence-corrected chi connectivity index (χ1v) is 11.9. The fourth-order valence-corrected chi connectivity index (χ4v) is 5.32. The van der Waals surface area contributed by atoms with Crippen LogP contribution in [-0.4, -0.2) is 38.4 Å². The number of carbonyl (C=O) groups excluding carboxylic acids is 1. The Balaban J connectivity index is 1.68. The molecule has 0 aliphatic carbocycles. The summed E-state index contributed by atoms with van der Waals surface area (Å²) < 4.78 is 1.53. The molecule has 7 heteroatoms. The van der Waals surface area contributed by atoms with Gasteiger partial charge in [-0.25, -0.2) is 14.5 Å². The Labute approximate surface area is 196 Å². The molecule has 2 aromatic carbocycles. The van der Waals surface area contributed by atoms with Crippen LogP contribution in [0.15, 0.2) is 82.9 Å². The second kappa shape index (κ2) is 9.19. The molecule has 0 bridgehead atoms. The van der Waals surface area contributed by atoms with E-state index in [0.717, 1.165) is 37.1 Å². The molecule has 0 saturated carbocycles. The van der Waals surface area contributed by atoms with E-state index in [-0.39, 0.29) is 11.5 Å². The molecule has 4 aromatic rings. The molecular formula is C26H24N4O2S. The van der Waals surface area contributed by atoms with Crippen molar-refractivity contribution in [3.05, 3.63) is 94.4 Å². The molecule has 5 rings (SSSR count). The fourth-order valence-electron chi connectivity index (χ4n) is 4.13. The van der Waals surface area contributed by atoms with E-state index in [4.69, 9.17) is 4.98 Å². The maximum Gasteiger partial charge on any atom is 0.267 e. The second-order valence-corrected chi connectivity index (χ2v) is 9.26. The van der Waals surface area contributed by atoms with E-state index in [1.54, 1.807) is 12.3 Å². The maximum atomic E-state index is 13.6. The molecule has 6 nitrogen and oxygen atoms in total.